The van der Waals surface area contributed by atoms with E-state index in [0.717, 1.165) is 6.07 Å². The Hall–Kier alpha value is -4.14. The van der Waals surface area contributed by atoms with Crippen molar-refractivity contribution < 1.29 is 33.9 Å². The first-order valence-electron chi connectivity index (χ1n) is 8.97. The number of nitrogens with zero attached hydrogens (tertiary/aromatic N) is 1. The Morgan fingerprint density at radius 3 is 2.63 bits per heavy atom. The molecule has 154 valence electrons. The van der Waals surface area contributed by atoms with Gasteiger partial charge in [-0.05, 0) is 30.3 Å². The predicted molar refractivity (Wildman–Crippen MR) is 106 cm³/mol. The van der Waals surface area contributed by atoms with Crippen LogP contribution in [0.5, 0.6) is 11.5 Å². The highest BCUT2D eigenvalue weighted by Gasteiger charge is 2.19. The molecule has 0 radical (unpaired) electrons. The van der Waals surface area contributed by atoms with Crippen LogP contribution in [0.2, 0.25) is 0 Å². The summed E-state index contributed by atoms with van der Waals surface area (Å²) in [5.41, 5.74) is 0.140. The van der Waals surface area contributed by atoms with Crippen molar-refractivity contribution in [3.8, 4) is 22.8 Å². The number of aromatic carboxylic acids is 1. The lowest BCUT2D eigenvalue weighted by Crippen LogP contribution is -2.15. The van der Waals surface area contributed by atoms with Crippen molar-refractivity contribution in [3.05, 3.63) is 59.8 Å². The molecule has 9 nitrogen and oxygen atoms in total. The van der Waals surface area contributed by atoms with Crippen LogP contribution in [-0.4, -0.2) is 39.6 Å². The number of ketones is 1. The number of aromatic hydroxyl groups is 1. The van der Waals surface area contributed by atoms with Crippen LogP contribution in [-0.2, 0) is 4.79 Å². The molecule has 0 spiro atoms. The van der Waals surface area contributed by atoms with Gasteiger partial charge in [-0.1, -0.05) is 24.2 Å². The number of carbonyl (C=O) groups excluding carboxylic acids is 2. The molecule has 2 aromatic carbocycles. The van der Waals surface area contributed by atoms with Crippen LogP contribution in [0.3, 0.4) is 0 Å². The smallest absolute Gasteiger partial charge is 0.337 e. The van der Waals surface area contributed by atoms with Crippen LogP contribution in [0.25, 0.3) is 11.3 Å². The van der Waals surface area contributed by atoms with E-state index in [-0.39, 0.29) is 40.8 Å². The zero-order chi connectivity index (χ0) is 21.7. The van der Waals surface area contributed by atoms with Gasteiger partial charge in [0.2, 0.25) is 0 Å². The van der Waals surface area contributed by atoms with Crippen molar-refractivity contribution in [2.24, 2.45) is 0 Å². The number of hydrogen-bond donors (Lipinski definition) is 3. The fourth-order valence-electron chi connectivity index (χ4n) is 2.57. The summed E-state index contributed by atoms with van der Waals surface area (Å²) in [7, 11) is 0. The second kappa shape index (κ2) is 8.91. The molecular formula is C21H18N2O7. The predicted octanol–water partition coefficient (Wildman–Crippen LogP) is 3.36. The summed E-state index contributed by atoms with van der Waals surface area (Å²) in [5, 5.41) is 24.8. The molecule has 3 rings (SSSR count). The number of hydrogen-bond acceptors (Lipinski definition) is 7. The second-order valence-corrected chi connectivity index (χ2v) is 6.24. The average Bonchev–Trinajstić information content (AvgIpc) is 3.23. The molecule has 0 atom stereocenters. The van der Waals surface area contributed by atoms with E-state index in [9.17, 15) is 24.6 Å². The SMILES string of the molecule is CCC(=O)COc1ccccc1-c1cc(C(=O)Nc2ccc(O)cc2C(=O)O)no1. The van der Waals surface area contributed by atoms with Crippen LogP contribution < -0.4 is 10.1 Å². The maximum absolute atomic E-state index is 12.5. The molecule has 0 aliphatic rings. The molecule has 1 amide bonds. The van der Waals surface area contributed by atoms with Crippen molar-refractivity contribution in [2.75, 3.05) is 11.9 Å². The van der Waals surface area contributed by atoms with Crippen LogP contribution in [0.4, 0.5) is 5.69 Å². The maximum atomic E-state index is 12.5. The topological polar surface area (TPSA) is 139 Å². The van der Waals surface area contributed by atoms with Crippen molar-refractivity contribution >= 4 is 23.3 Å². The fourth-order valence-corrected chi connectivity index (χ4v) is 2.57. The van der Waals surface area contributed by atoms with Gasteiger partial charge in [-0.3, -0.25) is 9.59 Å². The van der Waals surface area contributed by atoms with Crippen molar-refractivity contribution in [3.63, 3.8) is 0 Å². The third-order valence-corrected chi connectivity index (χ3v) is 4.16. The summed E-state index contributed by atoms with van der Waals surface area (Å²) in [6.07, 6.45) is 0.352. The van der Waals surface area contributed by atoms with Gasteiger partial charge in [0, 0.05) is 12.5 Å². The molecular weight excluding hydrogens is 392 g/mol. The third-order valence-electron chi connectivity index (χ3n) is 4.16. The second-order valence-electron chi connectivity index (χ2n) is 6.24. The zero-order valence-electron chi connectivity index (χ0n) is 15.9. The van der Waals surface area contributed by atoms with Gasteiger partial charge in [-0.2, -0.15) is 0 Å². The Morgan fingerprint density at radius 1 is 1.13 bits per heavy atom. The summed E-state index contributed by atoms with van der Waals surface area (Å²) in [5.74, 6) is -1.68. The summed E-state index contributed by atoms with van der Waals surface area (Å²) < 4.78 is 10.8. The van der Waals surface area contributed by atoms with E-state index in [4.69, 9.17) is 9.26 Å². The monoisotopic (exact) mass is 410 g/mol. The Balaban J connectivity index is 1.81. The van der Waals surface area contributed by atoms with Gasteiger partial charge in [0.25, 0.3) is 5.91 Å². The van der Waals surface area contributed by atoms with Gasteiger partial charge in [0.1, 0.15) is 18.1 Å². The number of carboxylic acids is 1. The highest BCUT2D eigenvalue weighted by Crippen LogP contribution is 2.31. The lowest BCUT2D eigenvalue weighted by molar-refractivity contribution is -0.120. The number of para-hydroxylation sites is 1. The van der Waals surface area contributed by atoms with Crippen molar-refractivity contribution in [1.82, 2.24) is 5.16 Å². The van der Waals surface area contributed by atoms with E-state index in [0.29, 0.717) is 17.7 Å². The summed E-state index contributed by atoms with van der Waals surface area (Å²) >= 11 is 0. The minimum absolute atomic E-state index is 0.00309. The molecule has 0 fully saturated rings. The molecule has 0 aliphatic heterocycles. The number of carbonyl (C=O) groups is 3. The highest BCUT2D eigenvalue weighted by molar-refractivity contribution is 6.07. The molecule has 0 aliphatic carbocycles. The quantitative estimate of drug-likeness (QED) is 0.481. The van der Waals surface area contributed by atoms with Gasteiger partial charge in [-0.25, -0.2) is 4.79 Å². The number of Topliss-reactive ketones (excluding diaryl/α,β-unsaturated/α-hetero) is 1. The molecule has 1 heterocycles. The molecule has 0 unspecified atom stereocenters. The standard InChI is InChI=1S/C21H18N2O7/c1-2-12(24)11-29-18-6-4-3-5-14(18)19-10-17(23-30-19)20(26)22-16-8-7-13(25)9-15(16)21(27)28/h3-10,25H,2,11H2,1H3,(H,22,26)(H,27,28). The third kappa shape index (κ3) is 4.64. The summed E-state index contributed by atoms with van der Waals surface area (Å²) in [6.45, 7) is 1.65. The minimum Gasteiger partial charge on any atom is -0.508 e. The van der Waals surface area contributed by atoms with Gasteiger partial charge in [-0.15, -0.1) is 0 Å². The number of amides is 1. The van der Waals surface area contributed by atoms with E-state index in [1.165, 1.54) is 18.2 Å². The lowest BCUT2D eigenvalue weighted by atomic mass is 10.1. The normalized spacial score (nSPS) is 10.4. The number of nitrogens with one attached hydrogen (secondary N) is 1. The van der Waals surface area contributed by atoms with Gasteiger partial charge in [0.15, 0.2) is 17.2 Å². The van der Waals surface area contributed by atoms with Crippen LogP contribution in [0.1, 0.15) is 34.2 Å². The molecule has 1 aromatic heterocycles. The van der Waals surface area contributed by atoms with Crippen molar-refractivity contribution in [2.45, 2.75) is 13.3 Å². The van der Waals surface area contributed by atoms with E-state index in [1.54, 1.807) is 31.2 Å². The number of phenols is 1. The lowest BCUT2D eigenvalue weighted by Gasteiger charge is -2.08. The molecule has 0 bridgehead atoms. The van der Waals surface area contributed by atoms with Crippen molar-refractivity contribution in [1.29, 1.82) is 0 Å². The first-order chi connectivity index (χ1) is 14.4. The largest absolute Gasteiger partial charge is 0.508 e. The number of ether oxygens (including phenoxy) is 1. The van der Waals surface area contributed by atoms with E-state index in [1.807, 2.05) is 0 Å². The van der Waals surface area contributed by atoms with Gasteiger partial charge >= 0.3 is 5.97 Å². The number of rotatable bonds is 8. The van der Waals surface area contributed by atoms with Gasteiger partial charge < -0.3 is 24.8 Å². The first-order valence-corrected chi connectivity index (χ1v) is 8.97. The number of carboxylic acid groups (broad SMARTS) is 1. The Labute approximate surface area is 170 Å². The average molecular weight is 410 g/mol. The summed E-state index contributed by atoms with van der Waals surface area (Å²) in [6, 6.07) is 11.7. The minimum atomic E-state index is -1.31. The Morgan fingerprint density at radius 2 is 1.90 bits per heavy atom. The molecule has 0 saturated heterocycles. The van der Waals surface area contributed by atoms with Crippen LogP contribution >= 0.6 is 0 Å². The Kier molecular flexibility index (Phi) is 6.11. The van der Waals surface area contributed by atoms with E-state index in [2.05, 4.69) is 10.5 Å². The molecule has 3 N–H and O–H groups in total. The molecule has 30 heavy (non-hydrogen) atoms. The maximum Gasteiger partial charge on any atom is 0.337 e. The Bertz CT molecular complexity index is 1100. The zero-order valence-corrected chi connectivity index (χ0v) is 15.9. The summed E-state index contributed by atoms with van der Waals surface area (Å²) in [4.78, 5) is 35.3. The highest BCUT2D eigenvalue weighted by atomic mass is 16.5. The van der Waals surface area contributed by atoms with Gasteiger partial charge in [0.05, 0.1) is 16.8 Å². The van der Waals surface area contributed by atoms with E-state index >= 15 is 0 Å². The van der Waals surface area contributed by atoms with Crippen LogP contribution in [0, 0.1) is 0 Å². The van der Waals surface area contributed by atoms with Crippen LogP contribution in [0.15, 0.2) is 53.1 Å². The molecule has 3 aromatic rings. The number of phenolic OH excluding ortho intramolecular Hbond substituents is 1. The molecule has 9 heteroatoms. The molecule has 0 saturated carbocycles. The number of benzene rings is 2. The first kappa shape index (κ1) is 20.6. The fraction of sp³-hybridized carbons (Fsp3) is 0.143. The van der Waals surface area contributed by atoms with E-state index < -0.39 is 11.9 Å². The number of anilines is 1. The number of aromatic nitrogens is 1.